The lowest BCUT2D eigenvalue weighted by molar-refractivity contribution is -0.210. The van der Waals surface area contributed by atoms with Crippen molar-refractivity contribution in [3.63, 3.8) is 0 Å². The van der Waals surface area contributed by atoms with Gasteiger partial charge in [0.05, 0.1) is 19.0 Å². The summed E-state index contributed by atoms with van der Waals surface area (Å²) in [5.41, 5.74) is -1.64. The average molecular weight is 264 g/mol. The molecule has 19 heavy (non-hydrogen) atoms. The number of carboxylic acid groups (broad SMARTS) is 1. The summed E-state index contributed by atoms with van der Waals surface area (Å²) in [5.74, 6) is -1.13. The van der Waals surface area contributed by atoms with Gasteiger partial charge in [0.15, 0.2) is 0 Å². The van der Waals surface area contributed by atoms with Crippen molar-refractivity contribution in [3.8, 4) is 0 Å². The average Bonchev–Trinajstić information content (AvgIpc) is 3.11. The molecule has 1 N–H and O–H groups in total. The Hall–Kier alpha value is -2.29. The highest BCUT2D eigenvalue weighted by Gasteiger charge is 2.53. The monoisotopic (exact) mass is 264 g/mol. The maximum atomic E-state index is 11.8. The molecule has 1 saturated heterocycles. The third kappa shape index (κ3) is 1.70. The molecule has 0 saturated carbocycles. The Morgan fingerprint density at radius 3 is 2.74 bits per heavy atom. The molecule has 2 unspecified atom stereocenters. The first kappa shape index (κ1) is 11.8. The molecular formula is C10H12N6O3. The van der Waals surface area contributed by atoms with Crippen LogP contribution in [0.2, 0.25) is 0 Å². The quantitative estimate of drug-likeness (QED) is 0.807. The first-order chi connectivity index (χ1) is 9.25. The van der Waals surface area contributed by atoms with Crippen LogP contribution in [0.15, 0.2) is 24.8 Å². The van der Waals surface area contributed by atoms with Gasteiger partial charge < -0.3 is 9.84 Å². The van der Waals surface area contributed by atoms with E-state index < -0.39 is 17.7 Å². The molecular weight excluding hydrogens is 252 g/mol. The van der Waals surface area contributed by atoms with Crippen LogP contribution in [0.5, 0.6) is 0 Å². The molecule has 2 atom stereocenters. The lowest BCUT2D eigenvalue weighted by Crippen LogP contribution is -2.54. The second-order valence-corrected chi connectivity index (χ2v) is 4.24. The third-order valence-corrected chi connectivity index (χ3v) is 3.23. The zero-order valence-corrected chi connectivity index (χ0v) is 9.96. The van der Waals surface area contributed by atoms with Gasteiger partial charge in [-0.25, -0.2) is 14.2 Å². The van der Waals surface area contributed by atoms with E-state index in [0.717, 1.165) is 6.42 Å². The second kappa shape index (κ2) is 4.43. The zero-order chi connectivity index (χ0) is 13.3. The smallest absolute Gasteiger partial charge is 0.361 e. The summed E-state index contributed by atoms with van der Waals surface area (Å²) in [7, 11) is 0. The highest BCUT2D eigenvalue weighted by atomic mass is 16.5. The van der Waals surface area contributed by atoms with Crippen molar-refractivity contribution in [2.24, 2.45) is 0 Å². The number of hydrogen-bond donors (Lipinski definition) is 1. The molecule has 0 spiro atoms. The van der Waals surface area contributed by atoms with Crippen molar-refractivity contribution in [2.75, 3.05) is 6.61 Å². The number of ether oxygens (including phenoxy) is 1. The molecule has 1 aliphatic rings. The van der Waals surface area contributed by atoms with Crippen LogP contribution in [0.3, 0.4) is 0 Å². The molecule has 0 aromatic carbocycles. The molecule has 9 heteroatoms. The van der Waals surface area contributed by atoms with E-state index in [1.54, 1.807) is 6.20 Å². The van der Waals surface area contributed by atoms with Gasteiger partial charge >= 0.3 is 5.97 Å². The topological polar surface area (TPSA) is 108 Å². The van der Waals surface area contributed by atoms with E-state index in [1.165, 1.54) is 28.0 Å². The summed E-state index contributed by atoms with van der Waals surface area (Å²) >= 11 is 0. The Morgan fingerprint density at radius 2 is 2.11 bits per heavy atom. The molecule has 0 radical (unpaired) electrons. The van der Waals surface area contributed by atoms with Crippen molar-refractivity contribution in [1.82, 2.24) is 30.0 Å². The summed E-state index contributed by atoms with van der Waals surface area (Å²) in [6.45, 7) is 0.345. The maximum Gasteiger partial charge on any atom is 0.361 e. The molecule has 0 bridgehead atoms. The minimum atomic E-state index is -1.64. The highest BCUT2D eigenvalue weighted by molar-refractivity contribution is 5.75. The van der Waals surface area contributed by atoms with Gasteiger partial charge in [-0.2, -0.15) is 0 Å². The Labute approximate surface area is 107 Å². The molecule has 2 aromatic rings. The van der Waals surface area contributed by atoms with Gasteiger partial charge in [0.25, 0.3) is 5.72 Å². The van der Waals surface area contributed by atoms with E-state index in [9.17, 15) is 9.90 Å². The fraction of sp³-hybridized carbons (Fsp3) is 0.500. The Morgan fingerprint density at radius 1 is 1.32 bits per heavy atom. The molecule has 0 aliphatic carbocycles. The zero-order valence-electron chi connectivity index (χ0n) is 9.96. The van der Waals surface area contributed by atoms with Crippen molar-refractivity contribution in [1.29, 1.82) is 0 Å². The van der Waals surface area contributed by atoms with Crippen LogP contribution in [0.1, 0.15) is 18.9 Å². The predicted molar refractivity (Wildman–Crippen MR) is 59.9 cm³/mol. The number of rotatable bonds is 3. The van der Waals surface area contributed by atoms with Crippen LogP contribution in [0.25, 0.3) is 0 Å². The predicted octanol–water partition coefficient (Wildman–Crippen LogP) is -0.341. The molecule has 2 aromatic heterocycles. The molecule has 9 nitrogen and oxygen atoms in total. The van der Waals surface area contributed by atoms with Crippen molar-refractivity contribution < 1.29 is 14.6 Å². The fourth-order valence-electron chi connectivity index (χ4n) is 2.40. The van der Waals surface area contributed by atoms with E-state index in [0.29, 0.717) is 13.0 Å². The molecule has 1 fully saturated rings. The van der Waals surface area contributed by atoms with Crippen molar-refractivity contribution >= 4 is 5.97 Å². The fourth-order valence-corrected chi connectivity index (χ4v) is 2.40. The number of aromatic nitrogens is 6. The van der Waals surface area contributed by atoms with Crippen LogP contribution in [0, 0.1) is 0 Å². The lowest BCUT2D eigenvalue weighted by Gasteiger charge is -2.39. The summed E-state index contributed by atoms with van der Waals surface area (Å²) in [5, 5.41) is 24.7. The molecule has 0 amide bonds. The minimum Gasteiger partial charge on any atom is -0.478 e. The number of aliphatic carboxylic acids is 1. The third-order valence-electron chi connectivity index (χ3n) is 3.23. The number of carboxylic acids is 1. The van der Waals surface area contributed by atoms with Gasteiger partial charge in [0.2, 0.25) is 0 Å². The molecule has 3 rings (SSSR count). The van der Waals surface area contributed by atoms with Gasteiger partial charge in [-0.1, -0.05) is 10.4 Å². The van der Waals surface area contributed by atoms with Crippen LogP contribution < -0.4 is 0 Å². The Bertz CT molecular complexity index is 554. The molecule has 1 aliphatic heterocycles. The minimum absolute atomic E-state index is 0.345. The first-order valence-corrected chi connectivity index (χ1v) is 5.85. The van der Waals surface area contributed by atoms with Crippen LogP contribution >= 0.6 is 0 Å². The van der Waals surface area contributed by atoms with E-state index in [2.05, 4.69) is 20.6 Å². The number of nitrogens with zero attached hydrogens (tertiary/aromatic N) is 6. The summed E-state index contributed by atoms with van der Waals surface area (Å²) in [6.07, 6.45) is 7.37. The van der Waals surface area contributed by atoms with Gasteiger partial charge in [0.1, 0.15) is 6.04 Å². The largest absolute Gasteiger partial charge is 0.478 e. The highest BCUT2D eigenvalue weighted by Crippen LogP contribution is 2.38. The summed E-state index contributed by atoms with van der Waals surface area (Å²) < 4.78 is 8.30. The van der Waals surface area contributed by atoms with E-state index in [4.69, 9.17) is 4.74 Å². The van der Waals surface area contributed by atoms with Crippen molar-refractivity contribution in [3.05, 3.63) is 24.8 Å². The molecule has 3 heterocycles. The van der Waals surface area contributed by atoms with E-state index in [1.807, 2.05) is 0 Å². The van der Waals surface area contributed by atoms with Crippen molar-refractivity contribution in [2.45, 2.75) is 24.6 Å². The SMILES string of the molecule is O=C(O)C1(n2ccnn2)OCCCC1n1ccnn1. The maximum absolute atomic E-state index is 11.8. The summed E-state index contributed by atoms with van der Waals surface area (Å²) in [4.78, 5) is 11.8. The lowest BCUT2D eigenvalue weighted by atomic mass is 9.96. The van der Waals surface area contributed by atoms with E-state index in [-0.39, 0.29) is 0 Å². The van der Waals surface area contributed by atoms with Crippen LogP contribution in [-0.2, 0) is 15.3 Å². The summed E-state index contributed by atoms with van der Waals surface area (Å²) in [6, 6.07) is -0.525. The van der Waals surface area contributed by atoms with Crippen LogP contribution in [-0.4, -0.2) is 47.7 Å². The van der Waals surface area contributed by atoms with Gasteiger partial charge in [-0.05, 0) is 12.8 Å². The van der Waals surface area contributed by atoms with Gasteiger partial charge in [0, 0.05) is 12.4 Å². The van der Waals surface area contributed by atoms with Gasteiger partial charge in [-0.3, -0.25) is 0 Å². The number of hydrogen-bond acceptors (Lipinski definition) is 6. The Kier molecular flexibility index (Phi) is 2.75. The number of carbonyl (C=O) groups is 1. The molecule has 100 valence electrons. The normalized spacial score (nSPS) is 27.3. The second-order valence-electron chi connectivity index (χ2n) is 4.24. The van der Waals surface area contributed by atoms with Crippen LogP contribution in [0.4, 0.5) is 0 Å². The Balaban J connectivity index is 2.12. The first-order valence-electron chi connectivity index (χ1n) is 5.85. The standard InChI is InChI=1S/C10H12N6O3/c17-9(18)10(16-6-4-12-14-16)8(2-1-7-19-10)15-5-3-11-13-15/h3-6,8H,1-2,7H2,(H,17,18). The van der Waals surface area contributed by atoms with Gasteiger partial charge in [-0.15, -0.1) is 10.2 Å². The van der Waals surface area contributed by atoms with E-state index >= 15 is 0 Å².